The first-order valence-electron chi connectivity index (χ1n) is 10.9. The van der Waals surface area contributed by atoms with Crippen LogP contribution in [0.25, 0.3) is 0 Å². The molecule has 0 aromatic heterocycles. The van der Waals surface area contributed by atoms with E-state index in [2.05, 4.69) is 22.0 Å². The molecule has 2 aliphatic rings. The van der Waals surface area contributed by atoms with Crippen LogP contribution < -0.4 is 20.9 Å². The Balaban J connectivity index is 1.28. The van der Waals surface area contributed by atoms with Crippen molar-refractivity contribution >= 4 is 35.3 Å². The molecular formula is C24H27N5O4. The van der Waals surface area contributed by atoms with E-state index in [0.29, 0.717) is 24.5 Å². The first kappa shape index (κ1) is 22.3. The van der Waals surface area contributed by atoms with Crippen LogP contribution in [0.4, 0.5) is 21.0 Å². The summed E-state index contributed by atoms with van der Waals surface area (Å²) in [5.41, 5.74) is 2.26. The molecule has 0 unspecified atom stereocenters. The van der Waals surface area contributed by atoms with E-state index in [0.717, 1.165) is 16.9 Å². The number of amides is 6. The van der Waals surface area contributed by atoms with E-state index in [9.17, 15) is 19.2 Å². The van der Waals surface area contributed by atoms with Gasteiger partial charge in [-0.3, -0.25) is 9.59 Å². The molecule has 0 spiro atoms. The molecule has 0 saturated carbocycles. The summed E-state index contributed by atoms with van der Waals surface area (Å²) in [6, 6.07) is 13.9. The summed E-state index contributed by atoms with van der Waals surface area (Å²) in [5.74, 6) is -0.645. The number of hydrogen-bond acceptors (Lipinski definition) is 4. The average molecular weight is 450 g/mol. The third-order valence-corrected chi connectivity index (χ3v) is 5.79. The zero-order valence-corrected chi connectivity index (χ0v) is 18.7. The maximum absolute atomic E-state index is 12.5. The second kappa shape index (κ2) is 8.93. The van der Waals surface area contributed by atoms with Crippen molar-refractivity contribution in [3.63, 3.8) is 0 Å². The minimum Gasteiger partial charge on any atom is -0.337 e. The number of imide groups is 1. The first-order chi connectivity index (χ1) is 15.7. The maximum atomic E-state index is 12.5. The number of anilines is 2. The fourth-order valence-electron chi connectivity index (χ4n) is 3.99. The summed E-state index contributed by atoms with van der Waals surface area (Å²) in [7, 11) is 0. The van der Waals surface area contributed by atoms with Gasteiger partial charge in [-0.1, -0.05) is 30.3 Å². The van der Waals surface area contributed by atoms with Gasteiger partial charge in [0.25, 0.3) is 5.91 Å². The summed E-state index contributed by atoms with van der Waals surface area (Å²) < 4.78 is 0. The van der Waals surface area contributed by atoms with Crippen molar-refractivity contribution in [2.45, 2.75) is 38.8 Å². The lowest BCUT2D eigenvalue weighted by Gasteiger charge is -2.28. The van der Waals surface area contributed by atoms with Gasteiger partial charge in [0.15, 0.2) is 0 Å². The van der Waals surface area contributed by atoms with Crippen LogP contribution in [0, 0.1) is 0 Å². The largest absolute Gasteiger partial charge is 0.337 e. The molecule has 0 aliphatic carbocycles. The number of hydrogen-bond donors (Lipinski definition) is 3. The van der Waals surface area contributed by atoms with Crippen molar-refractivity contribution in [2.24, 2.45) is 0 Å². The van der Waals surface area contributed by atoms with E-state index in [1.807, 2.05) is 18.2 Å². The van der Waals surface area contributed by atoms with Gasteiger partial charge >= 0.3 is 12.1 Å². The summed E-state index contributed by atoms with van der Waals surface area (Å²) in [5, 5.41) is 8.17. The fraction of sp³-hybridized carbons (Fsp3) is 0.333. The van der Waals surface area contributed by atoms with Crippen LogP contribution in [0.15, 0.2) is 48.5 Å². The molecule has 1 saturated heterocycles. The highest BCUT2D eigenvalue weighted by atomic mass is 16.2. The summed E-state index contributed by atoms with van der Waals surface area (Å²) >= 11 is 0. The second-order valence-electron chi connectivity index (χ2n) is 8.72. The van der Waals surface area contributed by atoms with Crippen LogP contribution in [0.2, 0.25) is 0 Å². The number of fused-ring (bicyclic) bond motifs is 1. The van der Waals surface area contributed by atoms with Crippen molar-refractivity contribution in [3.05, 3.63) is 59.7 Å². The number of nitrogens with one attached hydrogen (secondary N) is 3. The summed E-state index contributed by atoms with van der Waals surface area (Å²) in [6.07, 6.45) is 0.908. The number of carbonyl (C=O) groups is 4. The van der Waals surface area contributed by atoms with Gasteiger partial charge in [-0.25, -0.2) is 14.5 Å². The number of rotatable bonds is 5. The summed E-state index contributed by atoms with van der Waals surface area (Å²) in [6.45, 7) is 4.66. The minimum absolute atomic E-state index is 0.0938. The maximum Gasteiger partial charge on any atom is 0.329 e. The fourth-order valence-corrected chi connectivity index (χ4v) is 3.99. The number of carbonyl (C=O) groups excluding carboxylic acids is 4. The molecule has 1 fully saturated rings. The van der Waals surface area contributed by atoms with Crippen LogP contribution >= 0.6 is 0 Å². The van der Waals surface area contributed by atoms with E-state index < -0.39 is 11.6 Å². The van der Waals surface area contributed by atoms with Gasteiger partial charge in [-0.15, -0.1) is 0 Å². The lowest BCUT2D eigenvalue weighted by molar-refractivity contribution is -0.121. The monoisotopic (exact) mass is 449 g/mol. The van der Waals surface area contributed by atoms with Crippen LogP contribution in [0.1, 0.15) is 31.4 Å². The molecule has 0 atom stereocenters. The summed E-state index contributed by atoms with van der Waals surface area (Å²) in [4.78, 5) is 52.3. The molecule has 2 heterocycles. The Morgan fingerprint density at radius 2 is 1.82 bits per heavy atom. The van der Waals surface area contributed by atoms with E-state index >= 15 is 0 Å². The molecule has 6 amide bonds. The molecule has 4 rings (SSSR count). The standard InChI is InChI=1S/C24H27N5O4/c1-24(2)21(31)29(23(33)27-24)19-9-5-8-18(14-19)26-20(30)10-12-25-22(32)28-13-11-16-6-3-4-7-17(16)15-28/h3-9,14H,10-13,15H2,1-2H3,(H,25,32)(H,26,30)(H,27,33). The highest BCUT2D eigenvalue weighted by molar-refractivity contribution is 6.23. The van der Waals surface area contributed by atoms with E-state index in [1.54, 1.807) is 43.0 Å². The highest BCUT2D eigenvalue weighted by Crippen LogP contribution is 2.26. The Morgan fingerprint density at radius 1 is 1.06 bits per heavy atom. The van der Waals surface area contributed by atoms with E-state index in [4.69, 9.17) is 0 Å². The van der Waals surface area contributed by atoms with Gasteiger partial charge in [0.2, 0.25) is 5.91 Å². The number of nitrogens with zero attached hydrogens (tertiary/aromatic N) is 2. The Bertz CT molecular complexity index is 1110. The second-order valence-corrected chi connectivity index (χ2v) is 8.72. The van der Waals surface area contributed by atoms with Crippen LogP contribution in [0.3, 0.4) is 0 Å². The zero-order chi connectivity index (χ0) is 23.6. The van der Waals surface area contributed by atoms with Gasteiger partial charge in [0.05, 0.1) is 5.69 Å². The topological polar surface area (TPSA) is 111 Å². The minimum atomic E-state index is -0.981. The molecule has 2 aliphatic heterocycles. The Morgan fingerprint density at radius 3 is 2.55 bits per heavy atom. The Hall–Kier alpha value is -3.88. The van der Waals surface area contributed by atoms with Crippen LogP contribution in [0.5, 0.6) is 0 Å². The van der Waals surface area contributed by atoms with Gasteiger partial charge in [0.1, 0.15) is 5.54 Å². The van der Waals surface area contributed by atoms with Crippen molar-refractivity contribution in [1.29, 1.82) is 0 Å². The number of urea groups is 2. The van der Waals surface area contributed by atoms with Crippen LogP contribution in [-0.4, -0.2) is 47.4 Å². The third kappa shape index (κ3) is 4.82. The normalized spacial score (nSPS) is 16.8. The Kier molecular flexibility index (Phi) is 6.04. The lowest BCUT2D eigenvalue weighted by atomic mass is 10.0. The Labute approximate surface area is 192 Å². The average Bonchev–Trinajstić information content (AvgIpc) is 2.99. The number of benzene rings is 2. The first-order valence-corrected chi connectivity index (χ1v) is 10.9. The van der Waals surface area contributed by atoms with Crippen molar-refractivity contribution in [1.82, 2.24) is 15.5 Å². The molecule has 2 aromatic carbocycles. The lowest BCUT2D eigenvalue weighted by Crippen LogP contribution is -2.43. The quantitative estimate of drug-likeness (QED) is 0.610. The van der Waals surface area contributed by atoms with Gasteiger partial charge in [-0.05, 0) is 49.6 Å². The van der Waals surface area contributed by atoms with E-state index in [1.165, 1.54) is 5.56 Å². The molecule has 9 heteroatoms. The molecule has 33 heavy (non-hydrogen) atoms. The molecule has 0 bridgehead atoms. The molecule has 9 nitrogen and oxygen atoms in total. The van der Waals surface area contributed by atoms with Gasteiger partial charge in [0, 0.05) is 31.7 Å². The van der Waals surface area contributed by atoms with Gasteiger partial charge < -0.3 is 20.9 Å². The molecule has 172 valence electrons. The predicted octanol–water partition coefficient (Wildman–Crippen LogP) is 2.62. The SMILES string of the molecule is CC1(C)NC(=O)N(c2cccc(NC(=O)CCNC(=O)N3CCc4ccccc4C3)c2)C1=O. The predicted molar refractivity (Wildman–Crippen MR) is 124 cm³/mol. The molecular weight excluding hydrogens is 422 g/mol. The third-order valence-electron chi connectivity index (χ3n) is 5.79. The van der Waals surface area contributed by atoms with Gasteiger partial charge in [-0.2, -0.15) is 0 Å². The van der Waals surface area contributed by atoms with Crippen molar-refractivity contribution in [2.75, 3.05) is 23.3 Å². The smallest absolute Gasteiger partial charge is 0.329 e. The van der Waals surface area contributed by atoms with E-state index in [-0.39, 0.29) is 30.8 Å². The molecule has 0 radical (unpaired) electrons. The van der Waals surface area contributed by atoms with Crippen molar-refractivity contribution < 1.29 is 19.2 Å². The highest BCUT2D eigenvalue weighted by Gasteiger charge is 2.45. The van der Waals surface area contributed by atoms with Crippen LogP contribution in [-0.2, 0) is 22.6 Å². The zero-order valence-electron chi connectivity index (χ0n) is 18.7. The molecule has 3 N–H and O–H groups in total. The van der Waals surface area contributed by atoms with Crippen molar-refractivity contribution in [3.8, 4) is 0 Å². The molecule has 2 aromatic rings.